The van der Waals surface area contributed by atoms with E-state index in [1.165, 1.54) is 12.0 Å². The molecule has 1 aliphatic heterocycles. The molecule has 0 spiro atoms. The lowest BCUT2D eigenvalue weighted by Crippen LogP contribution is -2.36. The second kappa shape index (κ2) is 6.57. The molecule has 0 amide bonds. The maximum atomic E-state index is 5.37. The zero-order chi connectivity index (χ0) is 15.5. The third-order valence-electron chi connectivity index (χ3n) is 4.51. The predicted molar refractivity (Wildman–Crippen MR) is 84.6 cm³/mol. The van der Waals surface area contributed by atoms with E-state index < -0.39 is 0 Å². The first-order valence-corrected chi connectivity index (χ1v) is 8.12. The van der Waals surface area contributed by atoms with Crippen LogP contribution in [-0.4, -0.2) is 33.1 Å². The van der Waals surface area contributed by atoms with Gasteiger partial charge in [0.05, 0.1) is 0 Å². The Morgan fingerprint density at radius 1 is 1.23 bits per heavy atom. The van der Waals surface area contributed by atoms with Crippen molar-refractivity contribution >= 4 is 0 Å². The van der Waals surface area contributed by atoms with Crippen molar-refractivity contribution in [2.45, 2.75) is 51.5 Å². The first-order valence-electron chi connectivity index (χ1n) is 8.12. The first kappa shape index (κ1) is 15.2. The van der Waals surface area contributed by atoms with E-state index in [-0.39, 0.29) is 5.92 Å². The van der Waals surface area contributed by atoms with Gasteiger partial charge in [-0.2, -0.15) is 4.98 Å². The van der Waals surface area contributed by atoms with Crippen molar-refractivity contribution in [3.8, 4) is 0 Å². The molecule has 0 aliphatic carbocycles. The van der Waals surface area contributed by atoms with Crippen LogP contribution in [-0.2, 0) is 0 Å². The average Bonchev–Trinajstić information content (AvgIpc) is 3.05. The molecular formula is C17H24N4O. The van der Waals surface area contributed by atoms with E-state index in [1.807, 2.05) is 12.4 Å². The summed E-state index contributed by atoms with van der Waals surface area (Å²) in [6.07, 6.45) is 6.03. The molecule has 3 rings (SSSR count). The van der Waals surface area contributed by atoms with Crippen molar-refractivity contribution < 1.29 is 4.52 Å². The highest BCUT2D eigenvalue weighted by Gasteiger charge is 2.28. The number of nitrogens with zero attached hydrogens (tertiary/aromatic N) is 4. The highest BCUT2D eigenvalue weighted by Crippen LogP contribution is 2.31. The van der Waals surface area contributed by atoms with Gasteiger partial charge >= 0.3 is 0 Å². The van der Waals surface area contributed by atoms with Gasteiger partial charge in [0.1, 0.15) is 0 Å². The zero-order valence-electron chi connectivity index (χ0n) is 13.6. The first-order chi connectivity index (χ1) is 10.6. The van der Waals surface area contributed by atoms with Crippen LogP contribution in [0.5, 0.6) is 0 Å². The van der Waals surface area contributed by atoms with Crippen LogP contribution in [0.4, 0.5) is 0 Å². The molecule has 0 unspecified atom stereocenters. The smallest absolute Gasteiger partial charge is 0.229 e. The fraction of sp³-hybridized carbons (Fsp3) is 0.588. The third-order valence-corrected chi connectivity index (χ3v) is 4.51. The summed E-state index contributed by atoms with van der Waals surface area (Å²) in [6, 6.07) is 4.58. The fourth-order valence-electron chi connectivity index (χ4n) is 3.07. The highest BCUT2D eigenvalue weighted by atomic mass is 16.5. The maximum Gasteiger partial charge on any atom is 0.229 e. The van der Waals surface area contributed by atoms with E-state index in [0.717, 1.165) is 31.2 Å². The molecule has 118 valence electrons. The van der Waals surface area contributed by atoms with Crippen LogP contribution in [0.1, 0.15) is 68.8 Å². The number of rotatable bonds is 4. The van der Waals surface area contributed by atoms with Gasteiger partial charge in [0, 0.05) is 36.8 Å². The standard InChI is InChI=1S/C17H24N4O/c1-12(2)17-19-16(20-22-17)15-5-4-10-21(11-15)13(3)14-6-8-18-9-7-14/h6-9,12-13,15H,4-5,10-11H2,1-3H3/t13-,15+/m1/s1. The second-order valence-electron chi connectivity index (χ2n) is 6.44. The SMILES string of the molecule is CC(C)c1nc([C@H]2CCCN([C@H](C)c3ccncc3)C2)no1. The molecule has 2 aromatic heterocycles. The molecule has 3 heterocycles. The lowest BCUT2D eigenvalue weighted by atomic mass is 9.95. The Morgan fingerprint density at radius 2 is 2.00 bits per heavy atom. The number of aromatic nitrogens is 3. The average molecular weight is 300 g/mol. The van der Waals surface area contributed by atoms with Crippen molar-refractivity contribution in [3.63, 3.8) is 0 Å². The van der Waals surface area contributed by atoms with E-state index in [2.05, 4.69) is 52.9 Å². The van der Waals surface area contributed by atoms with Crippen LogP contribution in [0.2, 0.25) is 0 Å². The van der Waals surface area contributed by atoms with Gasteiger partial charge in [0.2, 0.25) is 5.89 Å². The molecule has 1 saturated heterocycles. The van der Waals surface area contributed by atoms with Crippen LogP contribution < -0.4 is 0 Å². The molecule has 0 aromatic carbocycles. The molecule has 1 aliphatic rings. The van der Waals surface area contributed by atoms with Crippen molar-refractivity contribution in [2.75, 3.05) is 13.1 Å². The molecule has 0 bridgehead atoms. The van der Waals surface area contributed by atoms with Crippen LogP contribution in [0.3, 0.4) is 0 Å². The molecule has 0 saturated carbocycles. The predicted octanol–water partition coefficient (Wildman–Crippen LogP) is 3.53. The van der Waals surface area contributed by atoms with Crippen molar-refractivity contribution in [1.29, 1.82) is 0 Å². The summed E-state index contributed by atoms with van der Waals surface area (Å²) in [7, 11) is 0. The minimum absolute atomic E-state index is 0.289. The third kappa shape index (κ3) is 3.19. The Bertz CT molecular complexity index is 596. The van der Waals surface area contributed by atoms with Crippen LogP contribution in [0, 0.1) is 0 Å². The van der Waals surface area contributed by atoms with E-state index in [1.54, 1.807) is 0 Å². The second-order valence-corrected chi connectivity index (χ2v) is 6.44. The zero-order valence-corrected chi connectivity index (χ0v) is 13.6. The molecule has 22 heavy (non-hydrogen) atoms. The molecule has 1 fully saturated rings. The fourth-order valence-corrected chi connectivity index (χ4v) is 3.07. The van der Waals surface area contributed by atoms with Crippen LogP contribution in [0.25, 0.3) is 0 Å². The summed E-state index contributed by atoms with van der Waals surface area (Å²) in [5.74, 6) is 2.27. The van der Waals surface area contributed by atoms with E-state index in [0.29, 0.717) is 12.0 Å². The van der Waals surface area contributed by atoms with Gasteiger partial charge in [-0.3, -0.25) is 9.88 Å². The van der Waals surface area contributed by atoms with Crippen LogP contribution in [0.15, 0.2) is 29.0 Å². The normalized spacial score (nSPS) is 21.2. The van der Waals surface area contributed by atoms with Gasteiger partial charge in [-0.15, -0.1) is 0 Å². The monoisotopic (exact) mass is 300 g/mol. The van der Waals surface area contributed by atoms with Crippen molar-refractivity contribution in [3.05, 3.63) is 41.8 Å². The number of piperidine rings is 1. The van der Waals surface area contributed by atoms with Crippen molar-refractivity contribution in [1.82, 2.24) is 20.0 Å². The molecule has 5 nitrogen and oxygen atoms in total. The summed E-state index contributed by atoms with van der Waals surface area (Å²) in [6.45, 7) is 8.52. The quantitative estimate of drug-likeness (QED) is 0.864. The molecule has 0 N–H and O–H groups in total. The number of hydrogen-bond donors (Lipinski definition) is 0. The molecular weight excluding hydrogens is 276 g/mol. The van der Waals surface area contributed by atoms with E-state index in [4.69, 9.17) is 4.52 Å². The van der Waals surface area contributed by atoms with Crippen molar-refractivity contribution in [2.24, 2.45) is 0 Å². The summed E-state index contributed by atoms with van der Waals surface area (Å²) < 4.78 is 5.37. The molecule has 0 radical (unpaired) electrons. The van der Waals surface area contributed by atoms with Gasteiger partial charge < -0.3 is 4.52 Å². The molecule has 5 heteroatoms. The highest BCUT2D eigenvalue weighted by molar-refractivity contribution is 5.15. The topological polar surface area (TPSA) is 55.1 Å². The summed E-state index contributed by atoms with van der Waals surface area (Å²) in [5, 5.41) is 4.20. The van der Waals surface area contributed by atoms with Gasteiger partial charge in [0.25, 0.3) is 0 Å². The van der Waals surface area contributed by atoms with Gasteiger partial charge in [0.15, 0.2) is 5.82 Å². The Kier molecular flexibility index (Phi) is 4.52. The van der Waals surface area contributed by atoms with Gasteiger partial charge in [-0.25, -0.2) is 0 Å². The Labute approximate surface area is 131 Å². The lowest BCUT2D eigenvalue weighted by Gasteiger charge is -2.35. The van der Waals surface area contributed by atoms with Gasteiger partial charge in [-0.05, 0) is 44.0 Å². The Morgan fingerprint density at radius 3 is 2.68 bits per heavy atom. The van der Waals surface area contributed by atoms with E-state index in [9.17, 15) is 0 Å². The summed E-state index contributed by atoms with van der Waals surface area (Å²) >= 11 is 0. The number of likely N-dealkylation sites (tertiary alicyclic amines) is 1. The Balaban J connectivity index is 1.71. The maximum absolute atomic E-state index is 5.37. The Hall–Kier alpha value is -1.75. The summed E-state index contributed by atoms with van der Waals surface area (Å²) in [4.78, 5) is 11.2. The minimum Gasteiger partial charge on any atom is -0.339 e. The number of pyridine rings is 1. The molecule has 2 aromatic rings. The lowest BCUT2D eigenvalue weighted by molar-refractivity contribution is 0.154. The van der Waals surface area contributed by atoms with Gasteiger partial charge in [-0.1, -0.05) is 19.0 Å². The largest absolute Gasteiger partial charge is 0.339 e. The number of hydrogen-bond acceptors (Lipinski definition) is 5. The minimum atomic E-state index is 0.289. The molecule has 2 atom stereocenters. The summed E-state index contributed by atoms with van der Waals surface area (Å²) in [5.41, 5.74) is 1.31. The van der Waals surface area contributed by atoms with E-state index >= 15 is 0 Å². The van der Waals surface area contributed by atoms with Crippen LogP contribution >= 0.6 is 0 Å².